The fourth-order valence-electron chi connectivity index (χ4n) is 3.52. The van der Waals surface area contributed by atoms with Crippen LogP contribution in [0.3, 0.4) is 0 Å². The van der Waals surface area contributed by atoms with Crippen LogP contribution in [0.1, 0.15) is 67.6 Å². The van der Waals surface area contributed by atoms with Gasteiger partial charge in [0.1, 0.15) is 11.9 Å². The molecule has 2 N–H and O–H groups in total. The summed E-state index contributed by atoms with van der Waals surface area (Å²) in [6, 6.07) is 24.3. The number of rotatable bonds is 8. The molecule has 3 aromatic rings. The average molecular weight is 402 g/mol. The van der Waals surface area contributed by atoms with E-state index in [1.165, 1.54) is 11.1 Å². The van der Waals surface area contributed by atoms with Gasteiger partial charge in [0.15, 0.2) is 0 Å². The molecule has 1 atom stereocenters. The largest absolute Gasteiger partial charge is 0.486 e. The van der Waals surface area contributed by atoms with Crippen LogP contribution < -0.4 is 10.5 Å². The van der Waals surface area contributed by atoms with E-state index in [2.05, 4.69) is 64.1 Å². The number of amides is 1. The lowest BCUT2D eigenvalue weighted by molar-refractivity contribution is 0.1000. The summed E-state index contributed by atoms with van der Waals surface area (Å²) in [5.74, 6) is 1.41. The second-order valence-electron chi connectivity index (χ2n) is 8.53. The van der Waals surface area contributed by atoms with Crippen molar-refractivity contribution < 1.29 is 9.53 Å². The third-order valence-corrected chi connectivity index (χ3v) is 5.28. The highest BCUT2D eigenvalue weighted by atomic mass is 16.5. The molecular weight excluding hydrogens is 370 g/mol. The Kier molecular flexibility index (Phi) is 6.94. The molecule has 0 bridgehead atoms. The zero-order valence-electron chi connectivity index (χ0n) is 18.3. The third-order valence-electron chi connectivity index (χ3n) is 5.28. The van der Waals surface area contributed by atoms with Crippen LogP contribution in [0, 0.1) is 5.92 Å². The van der Waals surface area contributed by atoms with Crippen molar-refractivity contribution in [2.24, 2.45) is 11.7 Å². The minimum Gasteiger partial charge on any atom is -0.486 e. The van der Waals surface area contributed by atoms with Crippen molar-refractivity contribution in [3.63, 3.8) is 0 Å². The number of hydrogen-bond donors (Lipinski definition) is 1. The highest BCUT2D eigenvalue weighted by Crippen LogP contribution is 2.31. The maximum atomic E-state index is 11.4. The molecule has 1 unspecified atom stereocenters. The summed E-state index contributed by atoms with van der Waals surface area (Å²) in [5, 5.41) is 0. The highest BCUT2D eigenvalue weighted by Gasteiger charge is 2.16. The van der Waals surface area contributed by atoms with Crippen LogP contribution in [0.2, 0.25) is 0 Å². The van der Waals surface area contributed by atoms with Gasteiger partial charge < -0.3 is 10.5 Å². The lowest BCUT2D eigenvalue weighted by atomic mass is 9.97. The maximum absolute atomic E-state index is 11.4. The lowest BCUT2D eigenvalue weighted by Crippen LogP contribution is -2.13. The molecule has 3 aromatic carbocycles. The van der Waals surface area contributed by atoms with Crippen molar-refractivity contribution in [1.29, 1.82) is 0 Å². The van der Waals surface area contributed by atoms with Crippen LogP contribution in [0.15, 0.2) is 72.8 Å². The van der Waals surface area contributed by atoms with E-state index in [1.807, 2.05) is 24.3 Å². The first-order chi connectivity index (χ1) is 14.3. The van der Waals surface area contributed by atoms with Gasteiger partial charge in [-0.15, -0.1) is 0 Å². The molecule has 156 valence electrons. The summed E-state index contributed by atoms with van der Waals surface area (Å²) in [5.41, 5.74) is 10.6. The molecule has 0 saturated carbocycles. The van der Waals surface area contributed by atoms with E-state index in [0.717, 1.165) is 23.3 Å². The molecule has 3 rings (SSSR count). The number of primary amides is 1. The normalized spacial score (nSPS) is 12.2. The van der Waals surface area contributed by atoms with Gasteiger partial charge in [-0.1, -0.05) is 76.2 Å². The number of hydrogen-bond acceptors (Lipinski definition) is 2. The van der Waals surface area contributed by atoms with E-state index in [9.17, 15) is 4.79 Å². The predicted octanol–water partition coefficient (Wildman–Crippen LogP) is 6.74. The zero-order chi connectivity index (χ0) is 21.7. The van der Waals surface area contributed by atoms with Crippen molar-refractivity contribution in [1.82, 2.24) is 0 Å². The first kappa shape index (κ1) is 21.6. The molecule has 30 heavy (non-hydrogen) atoms. The topological polar surface area (TPSA) is 52.3 Å². The molecule has 0 heterocycles. The highest BCUT2D eigenvalue weighted by molar-refractivity contribution is 5.92. The third kappa shape index (κ3) is 5.50. The molecule has 0 fully saturated rings. The minimum atomic E-state index is -0.418. The summed E-state index contributed by atoms with van der Waals surface area (Å²) in [6.45, 7) is 8.77. The van der Waals surface area contributed by atoms with Crippen LogP contribution >= 0.6 is 0 Å². The standard InChI is InChI=1S/C27H31NO2/c1-18(2)16-26(22-12-14-23(15-13-22)27(28)29)30-25-7-5-6-24(17-25)21-10-8-20(9-11-21)19(3)4/h5-15,17-19,26H,16H2,1-4H3,(H2,28,29). The zero-order valence-corrected chi connectivity index (χ0v) is 18.3. The molecule has 0 spiro atoms. The molecule has 3 heteroatoms. The molecule has 0 radical (unpaired) electrons. The fraction of sp³-hybridized carbons (Fsp3) is 0.296. The van der Waals surface area contributed by atoms with Crippen molar-refractivity contribution in [3.8, 4) is 16.9 Å². The van der Waals surface area contributed by atoms with Crippen molar-refractivity contribution in [2.45, 2.75) is 46.1 Å². The van der Waals surface area contributed by atoms with Gasteiger partial charge in [-0.3, -0.25) is 4.79 Å². The van der Waals surface area contributed by atoms with Gasteiger partial charge >= 0.3 is 0 Å². The van der Waals surface area contributed by atoms with Crippen LogP contribution in [-0.4, -0.2) is 5.91 Å². The summed E-state index contributed by atoms with van der Waals surface area (Å²) in [7, 11) is 0. The SMILES string of the molecule is CC(C)CC(Oc1cccc(-c2ccc(C(C)C)cc2)c1)c1ccc(C(N)=O)cc1. The van der Waals surface area contributed by atoms with Gasteiger partial charge in [0.05, 0.1) is 0 Å². The molecule has 1 amide bonds. The second-order valence-corrected chi connectivity index (χ2v) is 8.53. The van der Waals surface area contributed by atoms with Crippen LogP contribution in [0.25, 0.3) is 11.1 Å². The molecule has 0 aliphatic carbocycles. The Hall–Kier alpha value is -3.07. The summed E-state index contributed by atoms with van der Waals surface area (Å²) >= 11 is 0. The smallest absolute Gasteiger partial charge is 0.248 e. The number of ether oxygens (including phenoxy) is 1. The summed E-state index contributed by atoms with van der Waals surface area (Å²) < 4.78 is 6.42. The molecule has 0 saturated heterocycles. The Morgan fingerprint density at radius 3 is 2.03 bits per heavy atom. The molecule has 0 aliphatic rings. The van der Waals surface area contributed by atoms with Crippen LogP contribution in [0.5, 0.6) is 5.75 Å². The minimum absolute atomic E-state index is 0.0921. The number of carbonyl (C=O) groups excluding carboxylic acids is 1. The monoisotopic (exact) mass is 401 g/mol. The van der Waals surface area contributed by atoms with E-state index >= 15 is 0 Å². The van der Waals surface area contributed by atoms with E-state index < -0.39 is 5.91 Å². The quantitative estimate of drug-likeness (QED) is 0.454. The first-order valence-electron chi connectivity index (χ1n) is 10.6. The number of benzene rings is 3. The number of carbonyl (C=O) groups is 1. The summed E-state index contributed by atoms with van der Waals surface area (Å²) in [4.78, 5) is 11.4. The second kappa shape index (κ2) is 9.62. The van der Waals surface area contributed by atoms with Gasteiger partial charge in [-0.25, -0.2) is 0 Å². The van der Waals surface area contributed by atoms with Gasteiger partial charge in [0.2, 0.25) is 5.91 Å². The Labute approximate surface area is 179 Å². The van der Waals surface area contributed by atoms with Crippen LogP contribution in [-0.2, 0) is 0 Å². The van der Waals surface area contributed by atoms with E-state index in [4.69, 9.17) is 10.5 Å². The lowest BCUT2D eigenvalue weighted by Gasteiger charge is -2.22. The Bertz CT molecular complexity index is 973. The molecule has 0 aromatic heterocycles. The average Bonchev–Trinajstić information content (AvgIpc) is 2.73. The van der Waals surface area contributed by atoms with E-state index in [1.54, 1.807) is 12.1 Å². The first-order valence-corrected chi connectivity index (χ1v) is 10.6. The molecule has 0 aliphatic heterocycles. The van der Waals surface area contributed by atoms with E-state index in [-0.39, 0.29) is 6.10 Å². The van der Waals surface area contributed by atoms with Gasteiger partial charge in [-0.2, -0.15) is 0 Å². The van der Waals surface area contributed by atoms with E-state index in [0.29, 0.717) is 17.4 Å². The van der Waals surface area contributed by atoms with Crippen LogP contribution in [0.4, 0.5) is 0 Å². The molecular formula is C27H31NO2. The Morgan fingerprint density at radius 2 is 1.47 bits per heavy atom. The molecule has 3 nitrogen and oxygen atoms in total. The van der Waals surface area contributed by atoms with Gasteiger partial charge in [-0.05, 0) is 64.8 Å². The Balaban J connectivity index is 1.84. The predicted molar refractivity (Wildman–Crippen MR) is 124 cm³/mol. The maximum Gasteiger partial charge on any atom is 0.248 e. The van der Waals surface area contributed by atoms with Gasteiger partial charge in [0.25, 0.3) is 0 Å². The van der Waals surface area contributed by atoms with Crippen molar-refractivity contribution >= 4 is 5.91 Å². The fourth-order valence-corrected chi connectivity index (χ4v) is 3.52. The van der Waals surface area contributed by atoms with Crippen molar-refractivity contribution in [2.75, 3.05) is 0 Å². The van der Waals surface area contributed by atoms with Crippen molar-refractivity contribution in [3.05, 3.63) is 89.5 Å². The number of nitrogens with two attached hydrogens (primary N) is 1. The van der Waals surface area contributed by atoms with Gasteiger partial charge in [0, 0.05) is 5.56 Å². The Morgan fingerprint density at radius 1 is 0.833 bits per heavy atom. The summed E-state index contributed by atoms with van der Waals surface area (Å²) in [6.07, 6.45) is 0.786.